The van der Waals surface area contributed by atoms with Crippen LogP contribution in [0.3, 0.4) is 0 Å². The van der Waals surface area contributed by atoms with Gasteiger partial charge in [-0.3, -0.25) is 4.98 Å². The number of hydrogen-bond donors (Lipinski definition) is 0. The van der Waals surface area contributed by atoms with Gasteiger partial charge in [-0.2, -0.15) is 0 Å². The number of nitrogens with zero attached hydrogens (tertiary/aromatic N) is 2. The van der Waals surface area contributed by atoms with Crippen LogP contribution in [0.25, 0.3) is 22.0 Å². The molecule has 23 heavy (non-hydrogen) atoms. The average Bonchev–Trinajstić information content (AvgIpc) is 2.53. The van der Waals surface area contributed by atoms with Crippen LogP contribution >= 0.6 is 15.9 Å². The molecule has 0 unspecified atom stereocenters. The van der Waals surface area contributed by atoms with E-state index in [1.54, 1.807) is 18.5 Å². The molecule has 1 aromatic carbocycles. The lowest BCUT2D eigenvalue weighted by Gasteiger charge is -2.10. The molecule has 0 spiro atoms. The first-order chi connectivity index (χ1) is 11.0. The SMILES string of the molecule is CC(C)CCc1nc2c(F)cc(-c3ccncc3)cc2cc1Br. The van der Waals surface area contributed by atoms with Gasteiger partial charge in [0.2, 0.25) is 0 Å². The monoisotopic (exact) mass is 372 g/mol. The van der Waals surface area contributed by atoms with Crippen molar-refractivity contribution in [2.75, 3.05) is 0 Å². The van der Waals surface area contributed by atoms with Gasteiger partial charge >= 0.3 is 0 Å². The minimum absolute atomic E-state index is 0.285. The smallest absolute Gasteiger partial charge is 0.150 e. The first kappa shape index (κ1) is 16.1. The molecule has 4 heteroatoms. The van der Waals surface area contributed by atoms with Gasteiger partial charge in [-0.05, 0) is 76.1 Å². The van der Waals surface area contributed by atoms with E-state index in [4.69, 9.17) is 0 Å². The third kappa shape index (κ3) is 3.58. The molecular formula is C19H18BrFN2. The maximum atomic E-state index is 14.5. The molecule has 2 heterocycles. The summed E-state index contributed by atoms with van der Waals surface area (Å²) < 4.78 is 15.5. The van der Waals surface area contributed by atoms with Crippen LogP contribution in [0.15, 0.2) is 47.2 Å². The number of fused-ring (bicyclic) bond motifs is 1. The predicted octanol–water partition coefficient (Wildman–Crippen LogP) is 5.79. The van der Waals surface area contributed by atoms with Crippen molar-refractivity contribution in [3.8, 4) is 11.1 Å². The number of hydrogen-bond acceptors (Lipinski definition) is 2. The minimum atomic E-state index is -0.285. The number of pyridine rings is 2. The highest BCUT2D eigenvalue weighted by atomic mass is 79.9. The summed E-state index contributed by atoms with van der Waals surface area (Å²) in [4.78, 5) is 8.55. The summed E-state index contributed by atoms with van der Waals surface area (Å²) in [5.41, 5.74) is 3.13. The molecule has 0 atom stereocenters. The van der Waals surface area contributed by atoms with Crippen molar-refractivity contribution in [3.63, 3.8) is 0 Å². The van der Waals surface area contributed by atoms with E-state index in [0.29, 0.717) is 11.4 Å². The highest BCUT2D eigenvalue weighted by molar-refractivity contribution is 9.10. The summed E-state index contributed by atoms with van der Waals surface area (Å²) in [5, 5.41) is 0.803. The van der Waals surface area contributed by atoms with Crippen molar-refractivity contribution in [1.82, 2.24) is 9.97 Å². The number of aryl methyl sites for hydroxylation is 1. The Morgan fingerprint density at radius 3 is 2.52 bits per heavy atom. The highest BCUT2D eigenvalue weighted by Crippen LogP contribution is 2.29. The van der Waals surface area contributed by atoms with Gasteiger partial charge in [0.25, 0.3) is 0 Å². The molecule has 0 bridgehead atoms. The second-order valence-electron chi connectivity index (χ2n) is 6.12. The van der Waals surface area contributed by atoms with Crippen LogP contribution in [-0.4, -0.2) is 9.97 Å². The van der Waals surface area contributed by atoms with Crippen LogP contribution in [0.5, 0.6) is 0 Å². The van der Waals surface area contributed by atoms with Crippen LogP contribution in [0.2, 0.25) is 0 Å². The molecule has 0 fully saturated rings. The van der Waals surface area contributed by atoms with Crippen LogP contribution < -0.4 is 0 Å². The third-order valence-corrected chi connectivity index (χ3v) is 4.56. The van der Waals surface area contributed by atoms with Gasteiger partial charge in [0, 0.05) is 22.3 Å². The summed E-state index contributed by atoms with van der Waals surface area (Å²) in [6.45, 7) is 4.35. The zero-order valence-electron chi connectivity index (χ0n) is 13.2. The molecule has 2 nitrogen and oxygen atoms in total. The Morgan fingerprint density at radius 2 is 1.83 bits per heavy atom. The molecule has 0 aliphatic heterocycles. The molecule has 0 saturated carbocycles. The maximum absolute atomic E-state index is 14.5. The quantitative estimate of drug-likeness (QED) is 0.579. The van der Waals surface area contributed by atoms with Crippen molar-refractivity contribution in [3.05, 3.63) is 58.7 Å². The number of benzene rings is 1. The second-order valence-corrected chi connectivity index (χ2v) is 6.97. The van der Waals surface area contributed by atoms with Gasteiger partial charge < -0.3 is 0 Å². The Balaban J connectivity index is 2.06. The van der Waals surface area contributed by atoms with Crippen molar-refractivity contribution >= 4 is 26.8 Å². The number of halogens is 2. The zero-order valence-corrected chi connectivity index (χ0v) is 14.8. The summed E-state index contributed by atoms with van der Waals surface area (Å²) in [7, 11) is 0. The Morgan fingerprint density at radius 1 is 1.09 bits per heavy atom. The summed E-state index contributed by atoms with van der Waals surface area (Å²) >= 11 is 3.58. The lowest BCUT2D eigenvalue weighted by molar-refractivity contribution is 0.580. The first-order valence-corrected chi connectivity index (χ1v) is 8.53. The molecule has 3 aromatic rings. The summed E-state index contributed by atoms with van der Waals surface area (Å²) in [6.07, 6.45) is 5.30. The van der Waals surface area contributed by atoms with Crippen LogP contribution in [0.1, 0.15) is 26.0 Å². The topological polar surface area (TPSA) is 25.8 Å². The summed E-state index contributed by atoms with van der Waals surface area (Å²) in [5.74, 6) is 0.311. The van der Waals surface area contributed by atoms with E-state index in [9.17, 15) is 4.39 Å². The molecule has 3 rings (SSSR count). The van der Waals surface area contributed by atoms with Crippen molar-refractivity contribution in [1.29, 1.82) is 0 Å². The lowest BCUT2D eigenvalue weighted by atomic mass is 10.0. The largest absolute Gasteiger partial charge is 0.265 e. The standard InChI is InChI=1S/C19H18BrFN2/c1-12(2)3-4-18-16(20)10-15-9-14(11-17(21)19(15)23-18)13-5-7-22-8-6-13/h5-12H,3-4H2,1-2H3. The van der Waals surface area contributed by atoms with Crippen molar-refractivity contribution in [2.24, 2.45) is 5.92 Å². The van der Waals surface area contributed by atoms with E-state index >= 15 is 0 Å². The minimum Gasteiger partial charge on any atom is -0.265 e. The van der Waals surface area contributed by atoms with E-state index in [0.717, 1.165) is 39.5 Å². The fraction of sp³-hybridized carbons (Fsp3) is 0.263. The molecule has 0 radical (unpaired) electrons. The molecule has 2 aromatic heterocycles. The Labute approximate surface area is 143 Å². The van der Waals surface area contributed by atoms with Crippen molar-refractivity contribution < 1.29 is 4.39 Å². The third-order valence-electron chi connectivity index (χ3n) is 3.87. The Hall–Kier alpha value is -1.81. The summed E-state index contributed by atoms with van der Waals surface area (Å²) in [6, 6.07) is 9.23. The predicted molar refractivity (Wildman–Crippen MR) is 95.8 cm³/mol. The van der Waals surface area contributed by atoms with Crippen LogP contribution in [-0.2, 0) is 6.42 Å². The lowest BCUT2D eigenvalue weighted by Crippen LogP contribution is -1.98. The first-order valence-electron chi connectivity index (χ1n) is 7.73. The highest BCUT2D eigenvalue weighted by Gasteiger charge is 2.11. The Bertz CT molecular complexity index is 832. The van der Waals surface area contributed by atoms with Crippen molar-refractivity contribution in [2.45, 2.75) is 26.7 Å². The van der Waals surface area contributed by atoms with E-state index in [-0.39, 0.29) is 5.82 Å². The van der Waals surface area contributed by atoms with Gasteiger partial charge in [0.15, 0.2) is 0 Å². The van der Waals surface area contributed by atoms with E-state index in [1.165, 1.54) is 0 Å². The number of aromatic nitrogens is 2. The zero-order chi connectivity index (χ0) is 16.4. The molecule has 0 aliphatic carbocycles. The van der Waals surface area contributed by atoms with E-state index < -0.39 is 0 Å². The molecular weight excluding hydrogens is 355 g/mol. The van der Waals surface area contributed by atoms with Gasteiger partial charge in [-0.15, -0.1) is 0 Å². The average molecular weight is 373 g/mol. The fourth-order valence-electron chi connectivity index (χ4n) is 2.57. The molecule has 0 aliphatic rings. The van der Waals surface area contributed by atoms with E-state index in [2.05, 4.69) is 39.7 Å². The van der Waals surface area contributed by atoms with Crippen LogP contribution in [0.4, 0.5) is 4.39 Å². The molecule has 0 N–H and O–H groups in total. The second kappa shape index (κ2) is 6.75. The van der Waals surface area contributed by atoms with Gasteiger partial charge in [-0.1, -0.05) is 13.8 Å². The molecule has 0 saturated heterocycles. The van der Waals surface area contributed by atoms with Gasteiger partial charge in [0.1, 0.15) is 11.3 Å². The van der Waals surface area contributed by atoms with Crippen LogP contribution in [0, 0.1) is 11.7 Å². The molecule has 0 amide bonds. The normalized spacial score (nSPS) is 11.3. The molecule has 118 valence electrons. The van der Waals surface area contributed by atoms with Gasteiger partial charge in [0.05, 0.1) is 5.69 Å². The fourth-order valence-corrected chi connectivity index (χ4v) is 3.10. The Kier molecular flexibility index (Phi) is 4.71. The number of rotatable bonds is 4. The van der Waals surface area contributed by atoms with Gasteiger partial charge in [-0.25, -0.2) is 9.37 Å². The van der Waals surface area contributed by atoms with E-state index in [1.807, 2.05) is 24.3 Å². The maximum Gasteiger partial charge on any atom is 0.150 e.